The molecule has 1 aliphatic rings. The van der Waals surface area contributed by atoms with Gasteiger partial charge < -0.3 is 19.4 Å². The summed E-state index contributed by atoms with van der Waals surface area (Å²) in [5, 5.41) is 3.45. The lowest BCUT2D eigenvalue weighted by atomic mass is 10.1. The van der Waals surface area contributed by atoms with Crippen LogP contribution in [0.5, 0.6) is 0 Å². The van der Waals surface area contributed by atoms with Gasteiger partial charge in [-0.1, -0.05) is 18.2 Å². The van der Waals surface area contributed by atoms with E-state index in [0.29, 0.717) is 13.1 Å². The fourth-order valence-electron chi connectivity index (χ4n) is 3.74. The molecule has 1 saturated heterocycles. The molecular formula is C22H26N4O2. The quantitative estimate of drug-likeness (QED) is 0.742. The van der Waals surface area contributed by atoms with Crippen molar-refractivity contribution in [1.82, 2.24) is 19.6 Å². The zero-order valence-electron chi connectivity index (χ0n) is 16.3. The van der Waals surface area contributed by atoms with Gasteiger partial charge in [-0.15, -0.1) is 0 Å². The van der Waals surface area contributed by atoms with Crippen molar-refractivity contribution in [2.24, 2.45) is 0 Å². The number of ether oxygens (including phenoxy) is 1. The summed E-state index contributed by atoms with van der Waals surface area (Å²) in [7, 11) is 0. The molecule has 0 aliphatic carbocycles. The first-order chi connectivity index (χ1) is 13.6. The number of aromatic nitrogens is 2. The summed E-state index contributed by atoms with van der Waals surface area (Å²) in [6.07, 6.45) is 4.08. The number of carbonyl (C=O) groups excluding carboxylic acids is 1. The maximum atomic E-state index is 12.7. The predicted octanol–water partition coefficient (Wildman–Crippen LogP) is 2.87. The maximum absolute atomic E-state index is 12.7. The van der Waals surface area contributed by atoms with E-state index in [4.69, 9.17) is 4.74 Å². The molecule has 146 valence electrons. The molecule has 3 heterocycles. The molecule has 0 spiro atoms. The van der Waals surface area contributed by atoms with Gasteiger partial charge in [-0.05, 0) is 43.7 Å². The monoisotopic (exact) mass is 378 g/mol. The van der Waals surface area contributed by atoms with Crippen molar-refractivity contribution in [3.63, 3.8) is 0 Å². The SMILES string of the molecule is C[C@@H]1CN(C(=O)c2ccc(CNCc3cnc4ccccn34)cc2)C[C@H](C)O1. The predicted molar refractivity (Wildman–Crippen MR) is 108 cm³/mol. The molecular weight excluding hydrogens is 352 g/mol. The average molecular weight is 378 g/mol. The van der Waals surface area contributed by atoms with Crippen LogP contribution in [0.3, 0.4) is 0 Å². The van der Waals surface area contributed by atoms with Gasteiger partial charge in [0.25, 0.3) is 5.91 Å². The average Bonchev–Trinajstić information content (AvgIpc) is 3.10. The summed E-state index contributed by atoms with van der Waals surface area (Å²) >= 11 is 0. The molecule has 0 radical (unpaired) electrons. The number of nitrogens with one attached hydrogen (secondary N) is 1. The summed E-state index contributed by atoms with van der Waals surface area (Å²) in [6, 6.07) is 13.8. The third-order valence-corrected chi connectivity index (χ3v) is 5.04. The Bertz CT molecular complexity index is 941. The Labute approximate surface area is 165 Å². The molecule has 28 heavy (non-hydrogen) atoms. The standard InChI is InChI=1S/C22H26N4O2/c1-16-14-25(15-17(2)28-16)22(27)19-8-6-18(7-9-19)11-23-12-20-13-24-21-5-3-4-10-26(20)21/h3-10,13,16-17,23H,11-12,14-15H2,1-2H3/t16-,17+. The Hall–Kier alpha value is -2.70. The van der Waals surface area contributed by atoms with Gasteiger partial charge in [-0.2, -0.15) is 0 Å². The van der Waals surface area contributed by atoms with Crippen LogP contribution >= 0.6 is 0 Å². The van der Waals surface area contributed by atoms with Crippen LogP contribution in [0.25, 0.3) is 5.65 Å². The fraction of sp³-hybridized carbons (Fsp3) is 0.364. The molecule has 1 aromatic carbocycles. The van der Waals surface area contributed by atoms with Gasteiger partial charge >= 0.3 is 0 Å². The van der Waals surface area contributed by atoms with E-state index in [0.717, 1.165) is 35.6 Å². The number of fused-ring (bicyclic) bond motifs is 1. The van der Waals surface area contributed by atoms with Crippen molar-refractivity contribution >= 4 is 11.6 Å². The number of pyridine rings is 1. The molecule has 1 amide bonds. The highest BCUT2D eigenvalue weighted by molar-refractivity contribution is 5.94. The zero-order valence-corrected chi connectivity index (χ0v) is 16.3. The first-order valence-electron chi connectivity index (χ1n) is 9.75. The van der Waals surface area contributed by atoms with Crippen LogP contribution < -0.4 is 5.32 Å². The van der Waals surface area contributed by atoms with Crippen LogP contribution in [0.1, 0.15) is 35.5 Å². The van der Waals surface area contributed by atoms with E-state index in [-0.39, 0.29) is 18.1 Å². The van der Waals surface area contributed by atoms with Gasteiger partial charge in [0.2, 0.25) is 0 Å². The lowest BCUT2D eigenvalue weighted by Crippen LogP contribution is -2.48. The number of rotatable bonds is 5. The third-order valence-electron chi connectivity index (χ3n) is 5.04. The van der Waals surface area contributed by atoms with E-state index >= 15 is 0 Å². The Morgan fingerprint density at radius 1 is 1.11 bits per heavy atom. The summed E-state index contributed by atoms with van der Waals surface area (Å²) in [5.74, 6) is 0.0761. The van der Waals surface area contributed by atoms with E-state index in [1.54, 1.807) is 0 Å². The van der Waals surface area contributed by atoms with Crippen LogP contribution in [-0.2, 0) is 17.8 Å². The third kappa shape index (κ3) is 4.08. The lowest BCUT2D eigenvalue weighted by molar-refractivity contribution is -0.0586. The second-order valence-electron chi connectivity index (χ2n) is 7.45. The van der Waals surface area contributed by atoms with Crippen LogP contribution in [0.15, 0.2) is 54.9 Å². The normalized spacial score (nSPS) is 19.9. The number of amides is 1. The van der Waals surface area contributed by atoms with E-state index in [1.165, 1.54) is 0 Å². The Balaban J connectivity index is 1.34. The van der Waals surface area contributed by atoms with Crippen molar-refractivity contribution < 1.29 is 9.53 Å². The first kappa shape index (κ1) is 18.7. The highest BCUT2D eigenvalue weighted by atomic mass is 16.5. The van der Waals surface area contributed by atoms with Gasteiger partial charge in [0, 0.05) is 37.9 Å². The molecule has 2 atom stereocenters. The van der Waals surface area contributed by atoms with Crippen LogP contribution in [-0.4, -0.2) is 45.5 Å². The number of nitrogens with zero attached hydrogens (tertiary/aromatic N) is 3. The highest BCUT2D eigenvalue weighted by Gasteiger charge is 2.26. The minimum absolute atomic E-state index is 0.0761. The Kier molecular flexibility index (Phi) is 5.41. The number of imidazole rings is 1. The molecule has 1 N–H and O–H groups in total. The second-order valence-corrected chi connectivity index (χ2v) is 7.45. The minimum atomic E-state index is 0.0761. The van der Waals surface area contributed by atoms with Gasteiger partial charge in [0.15, 0.2) is 0 Å². The lowest BCUT2D eigenvalue weighted by Gasteiger charge is -2.35. The Morgan fingerprint density at radius 3 is 2.61 bits per heavy atom. The van der Waals surface area contributed by atoms with Crippen molar-refractivity contribution in [2.45, 2.75) is 39.1 Å². The van der Waals surface area contributed by atoms with E-state index in [9.17, 15) is 4.79 Å². The molecule has 0 unspecified atom stereocenters. The van der Waals surface area contributed by atoms with Crippen molar-refractivity contribution in [2.75, 3.05) is 13.1 Å². The smallest absolute Gasteiger partial charge is 0.254 e. The van der Waals surface area contributed by atoms with Crippen molar-refractivity contribution in [1.29, 1.82) is 0 Å². The minimum Gasteiger partial charge on any atom is -0.372 e. The van der Waals surface area contributed by atoms with Gasteiger partial charge in [0.05, 0.1) is 24.1 Å². The molecule has 0 bridgehead atoms. The van der Waals surface area contributed by atoms with Gasteiger partial charge in [-0.3, -0.25) is 4.79 Å². The maximum Gasteiger partial charge on any atom is 0.254 e. The molecule has 1 fully saturated rings. The van der Waals surface area contributed by atoms with Crippen LogP contribution in [0.2, 0.25) is 0 Å². The van der Waals surface area contributed by atoms with E-state index in [1.807, 2.05) is 73.6 Å². The molecule has 6 nitrogen and oxygen atoms in total. The second kappa shape index (κ2) is 8.12. The summed E-state index contributed by atoms with van der Waals surface area (Å²) in [6.45, 7) is 6.77. The van der Waals surface area contributed by atoms with Gasteiger partial charge in [-0.25, -0.2) is 4.98 Å². The van der Waals surface area contributed by atoms with Crippen molar-refractivity contribution in [3.8, 4) is 0 Å². The summed E-state index contributed by atoms with van der Waals surface area (Å²) in [5.41, 5.74) is 3.95. The Morgan fingerprint density at radius 2 is 1.86 bits per heavy atom. The van der Waals surface area contributed by atoms with E-state index in [2.05, 4.69) is 14.7 Å². The van der Waals surface area contributed by atoms with Gasteiger partial charge in [0.1, 0.15) is 5.65 Å². The molecule has 1 aliphatic heterocycles. The largest absolute Gasteiger partial charge is 0.372 e. The number of carbonyl (C=O) groups is 1. The van der Waals surface area contributed by atoms with E-state index < -0.39 is 0 Å². The molecule has 0 saturated carbocycles. The summed E-state index contributed by atoms with van der Waals surface area (Å²) in [4.78, 5) is 19.0. The first-order valence-corrected chi connectivity index (χ1v) is 9.75. The highest BCUT2D eigenvalue weighted by Crippen LogP contribution is 2.15. The number of benzene rings is 1. The molecule has 6 heteroatoms. The van der Waals surface area contributed by atoms with Crippen LogP contribution in [0, 0.1) is 0 Å². The van der Waals surface area contributed by atoms with Crippen LogP contribution in [0.4, 0.5) is 0 Å². The van der Waals surface area contributed by atoms with Crippen molar-refractivity contribution in [3.05, 3.63) is 71.7 Å². The zero-order chi connectivity index (χ0) is 19.5. The number of morpholine rings is 1. The molecule has 2 aromatic heterocycles. The fourth-order valence-corrected chi connectivity index (χ4v) is 3.74. The topological polar surface area (TPSA) is 58.9 Å². The summed E-state index contributed by atoms with van der Waals surface area (Å²) < 4.78 is 7.80. The number of hydrogen-bond acceptors (Lipinski definition) is 4. The number of hydrogen-bond donors (Lipinski definition) is 1. The molecule has 3 aromatic rings. The molecule has 4 rings (SSSR count).